The maximum absolute atomic E-state index is 13.7. The molecular weight excluding hydrogens is 614 g/mol. The molecule has 0 amide bonds. The average molecular weight is 653 g/mol. The molecule has 8 nitrogen and oxygen atoms in total. The third-order valence-electron chi connectivity index (χ3n) is 9.43. The Bertz CT molecular complexity index is 1450. The number of alkyl halides is 6. The molecule has 0 aromatic heterocycles. The molecule has 3 N–H and O–H groups in total. The summed E-state index contributed by atoms with van der Waals surface area (Å²) in [7, 11) is 1.37. The molecule has 0 spiro atoms. The van der Waals surface area contributed by atoms with Crippen molar-refractivity contribution >= 4 is 17.6 Å². The Morgan fingerprint density at radius 3 is 2.15 bits per heavy atom. The third-order valence-corrected chi connectivity index (χ3v) is 9.43. The van der Waals surface area contributed by atoms with Gasteiger partial charge in [0.2, 0.25) is 5.96 Å². The number of nitrogens with zero attached hydrogens (tertiary/aromatic N) is 5. The summed E-state index contributed by atoms with van der Waals surface area (Å²) in [6.07, 6.45) is -3.20. The van der Waals surface area contributed by atoms with Gasteiger partial charge in [-0.1, -0.05) is 11.2 Å². The first-order chi connectivity index (χ1) is 21.7. The predicted molar refractivity (Wildman–Crippen MR) is 160 cm³/mol. The Hall–Kier alpha value is -3.84. The molecular formula is C32H38F6N6O2. The van der Waals surface area contributed by atoms with Gasteiger partial charge in [-0.2, -0.15) is 31.5 Å². The van der Waals surface area contributed by atoms with Crippen LogP contribution >= 0.6 is 0 Å². The van der Waals surface area contributed by atoms with Gasteiger partial charge in [-0.05, 0) is 115 Å². The van der Waals surface area contributed by atoms with Crippen molar-refractivity contribution in [3.05, 3.63) is 63.7 Å². The second-order valence-electron chi connectivity index (χ2n) is 12.5. The minimum Gasteiger partial charge on any atom is -0.481 e. The van der Waals surface area contributed by atoms with Crippen molar-refractivity contribution in [2.45, 2.75) is 82.7 Å². The van der Waals surface area contributed by atoms with Gasteiger partial charge in [0, 0.05) is 25.3 Å². The summed E-state index contributed by atoms with van der Waals surface area (Å²) in [4.78, 5) is 15.3. The van der Waals surface area contributed by atoms with Gasteiger partial charge in [-0.3, -0.25) is 4.79 Å². The van der Waals surface area contributed by atoms with Gasteiger partial charge in [-0.25, -0.2) is 0 Å². The predicted octanol–water partition coefficient (Wildman–Crippen LogP) is 7.56. The number of halogens is 6. The zero-order chi connectivity index (χ0) is 33.2. The molecule has 2 aromatic carbocycles. The number of rotatable bonds is 7. The lowest BCUT2D eigenvalue weighted by molar-refractivity contribution is -0.144. The van der Waals surface area contributed by atoms with E-state index < -0.39 is 35.5 Å². The summed E-state index contributed by atoms with van der Waals surface area (Å²) >= 11 is 0. The zero-order valence-electron chi connectivity index (χ0n) is 25.5. The van der Waals surface area contributed by atoms with E-state index in [1.165, 1.54) is 17.5 Å². The van der Waals surface area contributed by atoms with Crippen LogP contribution in [0.3, 0.4) is 0 Å². The van der Waals surface area contributed by atoms with Crippen LogP contribution in [-0.2, 0) is 36.5 Å². The Morgan fingerprint density at radius 1 is 0.935 bits per heavy atom. The molecule has 1 aliphatic heterocycles. The van der Waals surface area contributed by atoms with E-state index in [1.807, 2.05) is 0 Å². The summed E-state index contributed by atoms with van der Waals surface area (Å²) < 4.78 is 82.4. The number of benzene rings is 2. The fraction of sp³-hybridized carbons (Fsp3) is 0.562. The van der Waals surface area contributed by atoms with Crippen LogP contribution in [0.15, 0.2) is 45.8 Å². The normalized spacial score (nSPS) is 22.5. The fourth-order valence-electron chi connectivity index (χ4n) is 7.15. The highest BCUT2D eigenvalue weighted by molar-refractivity contribution is 5.79. The standard InChI is InChI=1S/C32H38F6N6O2/c1-40-42-41-30(39)44(18-20-12-24(31(33,34)35)16-25(13-20)32(36,37)38)27-6-3-11-43(17-19-7-9-21(10-8-19)29(45)46)28-15-23-5-2-4-22(23)14-26(27)28/h12-16,19,21,27H,2-11,17-18H2,1H3,(H,45,46)(H2,39,40,41)/t19?,21?,27-/m0/s1. The van der Waals surface area contributed by atoms with Crippen molar-refractivity contribution in [1.82, 2.24) is 4.90 Å². The van der Waals surface area contributed by atoms with Crippen molar-refractivity contribution in [2.24, 2.45) is 33.0 Å². The number of aryl methyl sites for hydroxylation is 2. The molecule has 5 rings (SSSR count). The van der Waals surface area contributed by atoms with Crippen molar-refractivity contribution in [2.75, 3.05) is 25.0 Å². The van der Waals surface area contributed by atoms with E-state index in [2.05, 4.69) is 32.5 Å². The highest BCUT2D eigenvalue weighted by atomic mass is 19.4. The van der Waals surface area contributed by atoms with Gasteiger partial charge < -0.3 is 20.6 Å². The molecule has 1 fully saturated rings. The van der Waals surface area contributed by atoms with E-state index >= 15 is 0 Å². The molecule has 250 valence electrons. The van der Waals surface area contributed by atoms with Gasteiger partial charge in [-0.15, -0.1) is 0 Å². The molecule has 2 aromatic rings. The van der Waals surface area contributed by atoms with Crippen molar-refractivity contribution in [3.63, 3.8) is 0 Å². The lowest BCUT2D eigenvalue weighted by Gasteiger charge is -2.35. The number of guanidine groups is 1. The van der Waals surface area contributed by atoms with Crippen LogP contribution in [0.25, 0.3) is 0 Å². The van der Waals surface area contributed by atoms with Gasteiger partial charge in [0.25, 0.3) is 0 Å². The van der Waals surface area contributed by atoms with Crippen LogP contribution in [0.2, 0.25) is 0 Å². The number of aliphatic carboxylic acids is 1. The number of carboxylic acids is 1. The van der Waals surface area contributed by atoms with Crippen LogP contribution in [0.4, 0.5) is 32.0 Å². The smallest absolute Gasteiger partial charge is 0.416 e. The first-order valence-corrected chi connectivity index (χ1v) is 15.5. The molecule has 14 heteroatoms. The molecule has 2 aliphatic carbocycles. The quantitative estimate of drug-likeness (QED) is 0.106. The SMILES string of the molecule is CN=NN=C(N)N(Cc1cc(C(F)(F)F)cc(C(F)(F)F)c1)[C@H]1CCCN(CC2CCC(C(=O)O)CC2)c2cc3c(cc21)CCC3. The second-order valence-corrected chi connectivity index (χ2v) is 12.5. The summed E-state index contributed by atoms with van der Waals surface area (Å²) in [5.74, 6) is -0.965. The number of hydrogen-bond donors (Lipinski definition) is 2. The average Bonchev–Trinajstić information content (AvgIpc) is 3.39. The molecule has 1 saturated carbocycles. The molecule has 3 aliphatic rings. The Kier molecular flexibility index (Phi) is 9.83. The van der Waals surface area contributed by atoms with E-state index in [0.29, 0.717) is 38.1 Å². The van der Waals surface area contributed by atoms with Crippen molar-refractivity contribution in [3.8, 4) is 0 Å². The lowest BCUT2D eigenvalue weighted by Crippen LogP contribution is -2.40. The topological polar surface area (TPSA) is 107 Å². The van der Waals surface area contributed by atoms with Gasteiger partial charge in [0.1, 0.15) is 0 Å². The molecule has 1 heterocycles. The Labute approximate surface area is 263 Å². The third kappa shape index (κ3) is 7.58. The number of hydrogen-bond acceptors (Lipinski definition) is 4. The van der Waals surface area contributed by atoms with E-state index in [-0.39, 0.29) is 30.1 Å². The van der Waals surface area contributed by atoms with Crippen LogP contribution in [0.1, 0.15) is 84.4 Å². The highest BCUT2D eigenvalue weighted by Crippen LogP contribution is 2.43. The first-order valence-electron chi connectivity index (χ1n) is 15.5. The van der Waals surface area contributed by atoms with E-state index in [0.717, 1.165) is 67.6 Å². The summed E-state index contributed by atoms with van der Waals surface area (Å²) in [6.45, 7) is 1.03. The van der Waals surface area contributed by atoms with E-state index in [4.69, 9.17) is 5.73 Å². The van der Waals surface area contributed by atoms with Gasteiger partial charge >= 0.3 is 18.3 Å². The molecule has 0 radical (unpaired) electrons. The molecule has 0 unspecified atom stereocenters. The summed E-state index contributed by atoms with van der Waals surface area (Å²) in [6, 6.07) is 5.31. The zero-order valence-corrected chi connectivity index (χ0v) is 25.5. The van der Waals surface area contributed by atoms with E-state index in [9.17, 15) is 36.2 Å². The first kappa shape index (κ1) is 33.5. The molecule has 46 heavy (non-hydrogen) atoms. The lowest BCUT2D eigenvalue weighted by atomic mass is 9.81. The highest BCUT2D eigenvalue weighted by Gasteiger charge is 2.38. The van der Waals surface area contributed by atoms with Crippen LogP contribution in [0.5, 0.6) is 0 Å². The molecule has 0 bridgehead atoms. The number of carboxylic acid groups (broad SMARTS) is 1. The van der Waals surface area contributed by atoms with Crippen LogP contribution in [-0.4, -0.2) is 42.1 Å². The van der Waals surface area contributed by atoms with Crippen molar-refractivity contribution < 1.29 is 36.2 Å². The molecule has 1 atom stereocenters. The number of carbonyl (C=O) groups is 1. The minimum atomic E-state index is -4.99. The van der Waals surface area contributed by atoms with Gasteiger partial charge in [0.15, 0.2) is 0 Å². The Morgan fingerprint density at radius 2 is 1.57 bits per heavy atom. The number of nitrogens with two attached hydrogens (primary N) is 1. The summed E-state index contributed by atoms with van der Waals surface area (Å²) in [5, 5.41) is 20.6. The van der Waals surface area contributed by atoms with Crippen molar-refractivity contribution in [1.29, 1.82) is 0 Å². The van der Waals surface area contributed by atoms with E-state index in [1.54, 1.807) is 0 Å². The second kappa shape index (κ2) is 13.5. The van der Waals surface area contributed by atoms with Crippen LogP contribution < -0.4 is 10.6 Å². The number of fused-ring (bicyclic) bond motifs is 2. The minimum absolute atomic E-state index is 0.114. The maximum Gasteiger partial charge on any atom is 0.416 e. The maximum atomic E-state index is 13.7. The fourth-order valence-corrected chi connectivity index (χ4v) is 7.15. The van der Waals surface area contributed by atoms with Gasteiger partial charge in [0.05, 0.1) is 30.1 Å². The monoisotopic (exact) mass is 652 g/mol. The Balaban J connectivity index is 1.55. The largest absolute Gasteiger partial charge is 0.481 e. The summed E-state index contributed by atoms with van der Waals surface area (Å²) in [5.41, 5.74) is 7.60. The molecule has 0 saturated heterocycles. The van der Waals surface area contributed by atoms with Crippen LogP contribution in [0, 0.1) is 11.8 Å². The number of anilines is 1.